The molecule has 0 bridgehead atoms. The third-order valence-electron chi connectivity index (χ3n) is 3.69. The van der Waals surface area contributed by atoms with Crippen molar-refractivity contribution in [1.82, 2.24) is 10.3 Å². The van der Waals surface area contributed by atoms with Crippen LogP contribution in [0.4, 0.5) is 5.69 Å². The molecule has 0 aliphatic heterocycles. The summed E-state index contributed by atoms with van der Waals surface area (Å²) in [5.74, 6) is 0.429. The molecule has 1 heterocycles. The number of hydrogen-bond donors (Lipinski definition) is 2. The van der Waals surface area contributed by atoms with Gasteiger partial charge in [0.15, 0.2) is 0 Å². The lowest BCUT2D eigenvalue weighted by atomic mass is 9.97. The molecule has 2 rings (SSSR count). The van der Waals surface area contributed by atoms with Gasteiger partial charge in [-0.3, -0.25) is 9.78 Å². The molecule has 1 saturated carbocycles. The molecule has 4 nitrogen and oxygen atoms in total. The Hall–Kier alpha value is -1.58. The smallest absolute Gasteiger partial charge is 0.270 e. The largest absolute Gasteiger partial charge is 0.399 e. The molecule has 2 unspecified atom stereocenters. The fraction of sp³-hybridized carbons (Fsp3) is 0.571. The molecular formula is C14H21N3O. The fourth-order valence-electron chi connectivity index (χ4n) is 2.52. The van der Waals surface area contributed by atoms with Gasteiger partial charge in [-0.1, -0.05) is 26.2 Å². The predicted octanol–water partition coefficient (Wildman–Crippen LogP) is 2.36. The molecule has 1 fully saturated rings. The van der Waals surface area contributed by atoms with Gasteiger partial charge in [0.05, 0.1) is 0 Å². The Labute approximate surface area is 108 Å². The normalized spacial score (nSPS) is 24.3. The molecule has 1 amide bonds. The highest BCUT2D eigenvalue weighted by Gasteiger charge is 2.22. The Morgan fingerprint density at radius 2 is 2.17 bits per heavy atom. The van der Waals surface area contributed by atoms with Gasteiger partial charge < -0.3 is 11.1 Å². The van der Waals surface area contributed by atoms with Crippen LogP contribution < -0.4 is 11.1 Å². The van der Waals surface area contributed by atoms with E-state index in [4.69, 9.17) is 5.73 Å². The molecule has 0 spiro atoms. The van der Waals surface area contributed by atoms with Crippen LogP contribution in [0.5, 0.6) is 0 Å². The highest BCUT2D eigenvalue weighted by Crippen LogP contribution is 2.23. The Bertz CT molecular complexity index is 419. The first-order valence-electron chi connectivity index (χ1n) is 6.69. The first-order chi connectivity index (χ1) is 8.66. The average Bonchev–Trinajstić information content (AvgIpc) is 2.55. The van der Waals surface area contributed by atoms with Crippen molar-refractivity contribution in [3.8, 4) is 0 Å². The monoisotopic (exact) mass is 247 g/mol. The van der Waals surface area contributed by atoms with Gasteiger partial charge in [0.2, 0.25) is 0 Å². The number of carbonyl (C=O) groups excluding carboxylic acids is 1. The van der Waals surface area contributed by atoms with Gasteiger partial charge in [-0.15, -0.1) is 0 Å². The summed E-state index contributed by atoms with van der Waals surface area (Å²) in [6.07, 6.45) is 7.56. The van der Waals surface area contributed by atoms with E-state index in [9.17, 15) is 4.79 Å². The zero-order valence-electron chi connectivity index (χ0n) is 10.9. The Morgan fingerprint density at radius 1 is 1.39 bits per heavy atom. The summed E-state index contributed by atoms with van der Waals surface area (Å²) in [6, 6.07) is 3.57. The maximum absolute atomic E-state index is 12.1. The number of nitrogens with zero attached hydrogens (tertiary/aromatic N) is 1. The van der Waals surface area contributed by atoms with Crippen molar-refractivity contribution in [1.29, 1.82) is 0 Å². The number of anilines is 1. The van der Waals surface area contributed by atoms with E-state index >= 15 is 0 Å². The van der Waals surface area contributed by atoms with E-state index in [2.05, 4.69) is 17.2 Å². The Morgan fingerprint density at radius 3 is 2.94 bits per heavy atom. The first-order valence-corrected chi connectivity index (χ1v) is 6.69. The molecule has 0 aromatic carbocycles. The van der Waals surface area contributed by atoms with E-state index in [1.807, 2.05) is 0 Å². The zero-order valence-corrected chi connectivity index (χ0v) is 10.9. The molecule has 1 aliphatic carbocycles. The molecule has 4 heteroatoms. The number of aromatic nitrogens is 1. The quantitative estimate of drug-likeness (QED) is 0.788. The van der Waals surface area contributed by atoms with Gasteiger partial charge in [-0.05, 0) is 30.9 Å². The number of rotatable bonds is 2. The van der Waals surface area contributed by atoms with E-state index in [0.29, 0.717) is 17.3 Å². The van der Waals surface area contributed by atoms with E-state index in [0.717, 1.165) is 6.42 Å². The number of pyridine rings is 1. The van der Waals surface area contributed by atoms with Crippen molar-refractivity contribution in [2.24, 2.45) is 5.92 Å². The number of hydrogen-bond acceptors (Lipinski definition) is 3. The maximum atomic E-state index is 12.1. The second kappa shape index (κ2) is 5.85. The van der Waals surface area contributed by atoms with Crippen LogP contribution in [-0.4, -0.2) is 16.9 Å². The number of nitrogen functional groups attached to an aromatic ring is 1. The summed E-state index contributed by atoms with van der Waals surface area (Å²) in [4.78, 5) is 16.2. The molecule has 2 atom stereocenters. The third-order valence-corrected chi connectivity index (χ3v) is 3.69. The lowest BCUT2D eigenvalue weighted by molar-refractivity contribution is 0.0916. The number of nitrogens with one attached hydrogen (secondary N) is 1. The van der Waals surface area contributed by atoms with Crippen molar-refractivity contribution in [2.45, 2.75) is 45.1 Å². The number of amides is 1. The third kappa shape index (κ3) is 3.22. The van der Waals surface area contributed by atoms with E-state index < -0.39 is 0 Å². The zero-order chi connectivity index (χ0) is 13.0. The topological polar surface area (TPSA) is 68.0 Å². The molecule has 98 valence electrons. The van der Waals surface area contributed by atoms with E-state index in [-0.39, 0.29) is 11.9 Å². The summed E-state index contributed by atoms with van der Waals surface area (Å²) >= 11 is 0. The van der Waals surface area contributed by atoms with Crippen molar-refractivity contribution in [2.75, 3.05) is 5.73 Å². The van der Waals surface area contributed by atoms with E-state index in [1.165, 1.54) is 25.7 Å². The van der Waals surface area contributed by atoms with Crippen LogP contribution in [0.25, 0.3) is 0 Å². The minimum Gasteiger partial charge on any atom is -0.399 e. The predicted molar refractivity (Wildman–Crippen MR) is 72.2 cm³/mol. The summed E-state index contributed by atoms with van der Waals surface area (Å²) in [5.41, 5.74) is 6.64. The summed E-state index contributed by atoms with van der Waals surface area (Å²) in [5, 5.41) is 3.10. The summed E-state index contributed by atoms with van der Waals surface area (Å²) in [7, 11) is 0. The van der Waals surface area contributed by atoms with Crippen LogP contribution >= 0.6 is 0 Å². The minimum absolute atomic E-state index is 0.110. The first kappa shape index (κ1) is 12.9. The number of nitrogens with two attached hydrogens (primary N) is 1. The van der Waals surface area contributed by atoms with Gasteiger partial charge in [-0.25, -0.2) is 0 Å². The second-order valence-electron chi connectivity index (χ2n) is 5.17. The van der Waals surface area contributed by atoms with Crippen LogP contribution in [0, 0.1) is 5.92 Å². The highest BCUT2D eigenvalue weighted by atomic mass is 16.1. The van der Waals surface area contributed by atoms with Gasteiger partial charge >= 0.3 is 0 Å². The van der Waals surface area contributed by atoms with Crippen LogP contribution in [0.1, 0.15) is 49.5 Å². The van der Waals surface area contributed by atoms with Crippen LogP contribution in [0.3, 0.4) is 0 Å². The van der Waals surface area contributed by atoms with Crippen molar-refractivity contribution < 1.29 is 4.79 Å². The number of carbonyl (C=O) groups is 1. The van der Waals surface area contributed by atoms with Gasteiger partial charge in [0.25, 0.3) is 5.91 Å². The lowest BCUT2D eigenvalue weighted by Gasteiger charge is -2.22. The maximum Gasteiger partial charge on any atom is 0.270 e. The van der Waals surface area contributed by atoms with Crippen LogP contribution in [0.15, 0.2) is 18.3 Å². The SMILES string of the molecule is CC1CCCCCC1NC(=O)c1cc(N)ccn1. The fourth-order valence-corrected chi connectivity index (χ4v) is 2.52. The van der Waals surface area contributed by atoms with Gasteiger partial charge in [0.1, 0.15) is 5.69 Å². The molecule has 1 aromatic rings. The second-order valence-corrected chi connectivity index (χ2v) is 5.17. The lowest BCUT2D eigenvalue weighted by Crippen LogP contribution is -2.39. The molecular weight excluding hydrogens is 226 g/mol. The highest BCUT2D eigenvalue weighted by molar-refractivity contribution is 5.93. The van der Waals surface area contributed by atoms with Crippen molar-refractivity contribution in [3.05, 3.63) is 24.0 Å². The van der Waals surface area contributed by atoms with Crippen molar-refractivity contribution >= 4 is 11.6 Å². The van der Waals surface area contributed by atoms with Crippen LogP contribution in [-0.2, 0) is 0 Å². The molecule has 0 radical (unpaired) electrons. The minimum atomic E-state index is -0.110. The van der Waals surface area contributed by atoms with E-state index in [1.54, 1.807) is 18.3 Å². The molecule has 18 heavy (non-hydrogen) atoms. The summed E-state index contributed by atoms with van der Waals surface area (Å²) in [6.45, 7) is 2.21. The Balaban J connectivity index is 2.01. The molecule has 1 aliphatic rings. The molecule has 1 aromatic heterocycles. The van der Waals surface area contributed by atoms with Gasteiger partial charge in [-0.2, -0.15) is 0 Å². The van der Waals surface area contributed by atoms with Crippen molar-refractivity contribution in [3.63, 3.8) is 0 Å². The Kier molecular flexibility index (Phi) is 4.18. The standard InChI is InChI=1S/C14H21N3O/c1-10-5-3-2-4-6-12(10)17-14(18)13-9-11(15)7-8-16-13/h7-10,12H,2-6H2,1H3,(H2,15,16)(H,17,18). The molecule has 0 saturated heterocycles. The summed E-state index contributed by atoms with van der Waals surface area (Å²) < 4.78 is 0. The average molecular weight is 247 g/mol. The molecule has 3 N–H and O–H groups in total. The van der Waals surface area contributed by atoms with Crippen LogP contribution in [0.2, 0.25) is 0 Å². The van der Waals surface area contributed by atoms with Gasteiger partial charge in [0, 0.05) is 17.9 Å².